The standard InChI is InChI=1S/C7H10O4.C7H8O4.CH4.2Li.H/c2*1-3-5(9)7(11)6(10)4(2)8;;;;/h10-11H,3H2,1-2H3;3H2,1-2H3;1H4;;;/q;;;2*+1;-1/p-1. The molecular formula is C15H22Li2O8. The van der Waals surface area contributed by atoms with Gasteiger partial charge >= 0.3 is 37.7 Å². The van der Waals surface area contributed by atoms with Crippen molar-refractivity contribution in [1.29, 1.82) is 0 Å². The van der Waals surface area contributed by atoms with Gasteiger partial charge in [-0.05, 0) is 5.76 Å². The summed E-state index contributed by atoms with van der Waals surface area (Å²) in [5, 5.41) is 19.4. The molecule has 25 heavy (non-hydrogen) atoms. The van der Waals surface area contributed by atoms with Gasteiger partial charge in [0, 0.05) is 26.7 Å². The summed E-state index contributed by atoms with van der Waals surface area (Å²) in [6.45, 7) is 4.92. The molecule has 0 spiro atoms. The molecule has 0 heterocycles. The number of aliphatic hydroxyl groups is 1. The number of aliphatic hydroxyl groups excluding tert-OH is 1. The number of carbonyl (C=O) groups is 6. The molecule has 0 aromatic heterocycles. The Morgan fingerprint density at radius 2 is 1.16 bits per heavy atom. The van der Waals surface area contributed by atoms with Crippen molar-refractivity contribution in [3.05, 3.63) is 11.5 Å². The van der Waals surface area contributed by atoms with Crippen LogP contribution in [0.25, 0.3) is 0 Å². The van der Waals surface area contributed by atoms with Gasteiger partial charge in [0.2, 0.25) is 11.6 Å². The van der Waals surface area contributed by atoms with Gasteiger partial charge in [0.1, 0.15) is 0 Å². The maximum absolute atomic E-state index is 10.7. The van der Waals surface area contributed by atoms with Crippen LogP contribution in [0.15, 0.2) is 11.5 Å². The van der Waals surface area contributed by atoms with E-state index in [4.69, 9.17) is 5.11 Å². The first-order chi connectivity index (χ1) is 10.0. The van der Waals surface area contributed by atoms with E-state index in [-0.39, 0.29) is 59.4 Å². The van der Waals surface area contributed by atoms with Crippen molar-refractivity contribution in [3.8, 4) is 0 Å². The Morgan fingerprint density at radius 1 is 0.800 bits per heavy atom. The monoisotopic (exact) mass is 344 g/mol. The van der Waals surface area contributed by atoms with Gasteiger partial charge in [-0.3, -0.25) is 28.8 Å². The van der Waals surface area contributed by atoms with Crippen LogP contribution in [0, 0.1) is 0 Å². The molecule has 0 rings (SSSR count). The van der Waals surface area contributed by atoms with E-state index in [0.29, 0.717) is 0 Å². The normalized spacial score (nSPS) is 9.28. The molecule has 0 aliphatic carbocycles. The maximum Gasteiger partial charge on any atom is 1.00 e. The number of carbonyl (C=O) groups excluding carboxylic acids is 6. The van der Waals surface area contributed by atoms with Crippen LogP contribution in [0.2, 0.25) is 0 Å². The minimum absolute atomic E-state index is 0. The Morgan fingerprint density at radius 3 is 1.40 bits per heavy atom. The molecule has 0 radical (unpaired) electrons. The predicted octanol–water partition coefficient (Wildman–Crippen LogP) is -5.87. The fourth-order valence-electron chi connectivity index (χ4n) is 0.900. The largest absolute Gasteiger partial charge is 1.00 e. The predicted molar refractivity (Wildman–Crippen MR) is 79.5 cm³/mol. The minimum atomic E-state index is -1.23. The molecule has 0 fully saturated rings. The van der Waals surface area contributed by atoms with E-state index in [0.717, 1.165) is 13.8 Å². The van der Waals surface area contributed by atoms with Gasteiger partial charge in [-0.2, -0.15) is 0 Å². The van der Waals surface area contributed by atoms with Gasteiger partial charge in [0.25, 0.3) is 11.6 Å². The zero-order valence-electron chi connectivity index (χ0n) is 15.7. The van der Waals surface area contributed by atoms with E-state index in [2.05, 4.69) is 0 Å². The number of allylic oxidation sites excluding steroid dienone is 2. The average Bonchev–Trinajstić information content (AvgIpc) is 2.50. The number of ketones is 6. The summed E-state index contributed by atoms with van der Waals surface area (Å²) in [6.07, 6.45) is -0.0476. The second-order valence-electron chi connectivity index (χ2n) is 4.00. The van der Waals surface area contributed by atoms with Crippen molar-refractivity contribution in [1.82, 2.24) is 0 Å². The summed E-state index contributed by atoms with van der Waals surface area (Å²) in [7, 11) is 0. The van der Waals surface area contributed by atoms with E-state index in [1.165, 1.54) is 13.8 Å². The fourth-order valence-corrected chi connectivity index (χ4v) is 0.900. The Labute approximate surface area is 172 Å². The van der Waals surface area contributed by atoms with Crippen molar-refractivity contribution in [2.24, 2.45) is 0 Å². The molecule has 1 N–H and O–H groups in total. The van der Waals surface area contributed by atoms with Gasteiger partial charge in [-0.15, -0.1) is 0 Å². The molecule has 0 atom stereocenters. The van der Waals surface area contributed by atoms with Crippen molar-refractivity contribution in [2.75, 3.05) is 0 Å². The third-order valence-electron chi connectivity index (χ3n) is 2.22. The number of hydrogen-bond donors (Lipinski definition) is 1. The summed E-state index contributed by atoms with van der Waals surface area (Å²) in [5.74, 6) is -7.75. The molecule has 0 aliphatic rings. The van der Waals surface area contributed by atoms with Gasteiger partial charge in [-0.1, -0.05) is 21.3 Å². The topological polar surface area (TPSA) is 146 Å². The first kappa shape index (κ1) is 34.8. The van der Waals surface area contributed by atoms with E-state index in [1.807, 2.05) is 0 Å². The molecule has 0 saturated carbocycles. The SMILES string of the molecule is C.CCC(=O)C(=O)C(=O)C(C)=O.CCC(=O)C([O-])=C(O)C(C)=O.[H-].[Li+].[Li+]. The van der Waals surface area contributed by atoms with Crippen molar-refractivity contribution >= 4 is 34.7 Å². The van der Waals surface area contributed by atoms with Crippen molar-refractivity contribution < 1.29 is 78.1 Å². The summed E-state index contributed by atoms with van der Waals surface area (Å²) >= 11 is 0. The Balaban J connectivity index is -0.0000000667. The van der Waals surface area contributed by atoms with Crippen LogP contribution in [0.5, 0.6) is 0 Å². The van der Waals surface area contributed by atoms with Crippen LogP contribution in [0.3, 0.4) is 0 Å². The van der Waals surface area contributed by atoms with Crippen molar-refractivity contribution in [3.63, 3.8) is 0 Å². The fraction of sp³-hybridized carbons (Fsp3) is 0.467. The number of rotatable bonds is 7. The molecule has 0 aromatic rings. The van der Waals surface area contributed by atoms with Crippen LogP contribution in [-0.4, -0.2) is 39.8 Å². The Bertz CT molecular complexity index is 556. The second-order valence-corrected chi connectivity index (χ2v) is 4.00. The minimum Gasteiger partial charge on any atom is -1.00 e. The smallest absolute Gasteiger partial charge is 1.00 e. The summed E-state index contributed by atoms with van der Waals surface area (Å²) in [6, 6.07) is 0. The van der Waals surface area contributed by atoms with Crippen LogP contribution >= 0.6 is 0 Å². The van der Waals surface area contributed by atoms with Crippen LogP contribution in [0.4, 0.5) is 0 Å². The van der Waals surface area contributed by atoms with Gasteiger partial charge < -0.3 is 11.6 Å². The Kier molecular flexibility index (Phi) is 24.2. The first-order valence-corrected chi connectivity index (χ1v) is 6.27. The van der Waals surface area contributed by atoms with Crippen LogP contribution < -0.4 is 42.8 Å². The van der Waals surface area contributed by atoms with E-state index in [1.54, 1.807) is 0 Å². The van der Waals surface area contributed by atoms with Crippen molar-refractivity contribution in [2.45, 2.75) is 48.0 Å². The van der Waals surface area contributed by atoms with E-state index >= 15 is 0 Å². The molecule has 8 nitrogen and oxygen atoms in total. The summed E-state index contributed by atoms with van der Waals surface area (Å²) < 4.78 is 0. The third kappa shape index (κ3) is 13.5. The van der Waals surface area contributed by atoms with Gasteiger partial charge in [-0.25, -0.2) is 0 Å². The van der Waals surface area contributed by atoms with E-state index < -0.39 is 46.2 Å². The van der Waals surface area contributed by atoms with Gasteiger partial charge in [0.15, 0.2) is 17.3 Å². The quantitative estimate of drug-likeness (QED) is 0.158. The molecule has 0 unspecified atom stereocenters. The molecule has 0 aromatic carbocycles. The van der Waals surface area contributed by atoms with Crippen LogP contribution in [0.1, 0.15) is 49.4 Å². The molecule has 10 heteroatoms. The zero-order chi connectivity index (χ0) is 18.0. The number of Topliss-reactive ketones (excluding diaryl/α,β-unsaturated/α-hetero) is 6. The Hall–Kier alpha value is -1.45. The summed E-state index contributed by atoms with van der Waals surface area (Å²) in [4.78, 5) is 62.9. The van der Waals surface area contributed by atoms with Gasteiger partial charge in [0.05, 0.1) is 0 Å². The number of hydrogen-bond acceptors (Lipinski definition) is 8. The molecular weight excluding hydrogens is 322 g/mol. The third-order valence-corrected chi connectivity index (χ3v) is 2.22. The molecule has 0 amide bonds. The second kappa shape index (κ2) is 17.4. The van der Waals surface area contributed by atoms with Crippen LogP contribution in [-0.2, 0) is 28.8 Å². The molecule has 0 bridgehead atoms. The average molecular weight is 344 g/mol. The van der Waals surface area contributed by atoms with E-state index in [9.17, 15) is 33.9 Å². The zero-order valence-corrected chi connectivity index (χ0v) is 14.7. The molecule has 0 aliphatic heterocycles. The molecule has 132 valence electrons. The molecule has 0 saturated heterocycles. The maximum atomic E-state index is 10.7. The summed E-state index contributed by atoms with van der Waals surface area (Å²) in [5.41, 5.74) is 0. The first-order valence-electron chi connectivity index (χ1n) is 6.27.